The van der Waals surface area contributed by atoms with Gasteiger partial charge in [0.25, 0.3) is 0 Å². The summed E-state index contributed by atoms with van der Waals surface area (Å²) in [6, 6.07) is 0. The maximum atomic E-state index is 12.8. The second kappa shape index (κ2) is 7.10. The lowest BCUT2D eigenvalue weighted by Crippen LogP contribution is -2.68. The van der Waals surface area contributed by atoms with Crippen molar-refractivity contribution in [1.29, 1.82) is 0 Å². The molecule has 0 unspecified atom stereocenters. The van der Waals surface area contributed by atoms with Crippen LogP contribution in [0.5, 0.6) is 0 Å². The van der Waals surface area contributed by atoms with Gasteiger partial charge in [-0.25, -0.2) is 0 Å². The minimum absolute atomic E-state index is 0.0422. The van der Waals surface area contributed by atoms with Crippen LogP contribution < -0.4 is 0 Å². The predicted molar refractivity (Wildman–Crippen MR) is 131 cm³/mol. The quantitative estimate of drug-likeness (QED) is 0.404. The van der Waals surface area contributed by atoms with Crippen LogP contribution in [0.15, 0.2) is 11.6 Å². The van der Waals surface area contributed by atoms with Gasteiger partial charge >= 0.3 is 5.97 Å². The molecule has 4 N–H and O–H groups in total. The Morgan fingerprint density at radius 2 is 1.56 bits per heavy atom. The highest BCUT2D eigenvalue weighted by molar-refractivity contribution is 5.77. The molecule has 0 spiro atoms. The van der Waals surface area contributed by atoms with Gasteiger partial charge in [-0.1, -0.05) is 46.3 Å². The molecule has 5 rings (SSSR count). The lowest BCUT2D eigenvalue weighted by molar-refractivity contribution is -0.240. The van der Waals surface area contributed by atoms with Gasteiger partial charge in [0.2, 0.25) is 0 Å². The predicted octanol–water partition coefficient (Wildman–Crippen LogP) is 4.93. The smallest absolute Gasteiger partial charge is 0.312 e. The van der Waals surface area contributed by atoms with Crippen molar-refractivity contribution in [2.45, 2.75) is 117 Å². The summed E-state index contributed by atoms with van der Waals surface area (Å²) in [5.41, 5.74) is -1.28. The summed E-state index contributed by atoms with van der Waals surface area (Å²) in [6.07, 6.45) is 7.68. The molecule has 4 saturated carbocycles. The van der Waals surface area contributed by atoms with Gasteiger partial charge in [-0.3, -0.25) is 4.79 Å². The van der Waals surface area contributed by atoms with Crippen molar-refractivity contribution >= 4 is 5.97 Å². The largest absolute Gasteiger partial charge is 0.481 e. The third kappa shape index (κ3) is 2.81. The molecule has 5 heteroatoms. The maximum absolute atomic E-state index is 12.8. The highest BCUT2D eigenvalue weighted by Gasteiger charge is 2.71. The Morgan fingerprint density at radius 3 is 2.21 bits per heavy atom. The van der Waals surface area contributed by atoms with E-state index in [4.69, 9.17) is 0 Å². The molecule has 4 fully saturated rings. The summed E-state index contributed by atoms with van der Waals surface area (Å²) in [4.78, 5) is 12.8. The van der Waals surface area contributed by atoms with E-state index in [2.05, 4.69) is 40.7 Å². The number of aliphatic hydroxyl groups excluding tert-OH is 2. The fourth-order valence-corrected chi connectivity index (χ4v) is 10.4. The third-order valence-electron chi connectivity index (χ3n) is 12.7. The molecule has 192 valence electrons. The first-order chi connectivity index (χ1) is 15.6. The third-order valence-corrected chi connectivity index (χ3v) is 12.7. The second-order valence-corrected chi connectivity index (χ2v) is 14.6. The Kier molecular flexibility index (Phi) is 5.17. The number of hydrogen-bond donors (Lipinski definition) is 4. The number of carboxylic acids is 1. The molecule has 10 atom stereocenters. The Hall–Kier alpha value is -0.910. The van der Waals surface area contributed by atoms with Gasteiger partial charge < -0.3 is 20.4 Å². The van der Waals surface area contributed by atoms with Crippen LogP contribution in [0.2, 0.25) is 0 Å². The van der Waals surface area contributed by atoms with E-state index in [1.807, 2.05) is 6.92 Å². The van der Waals surface area contributed by atoms with Crippen LogP contribution in [0.25, 0.3) is 0 Å². The molecule has 0 amide bonds. The number of carboxylic acid groups (broad SMARTS) is 1. The number of hydrogen-bond acceptors (Lipinski definition) is 4. The summed E-state index contributed by atoms with van der Waals surface area (Å²) in [7, 11) is 0. The minimum atomic E-state index is -1.09. The fraction of sp³-hybridized carbons (Fsp3) is 0.897. The zero-order valence-electron chi connectivity index (χ0n) is 22.0. The van der Waals surface area contributed by atoms with Crippen molar-refractivity contribution in [3.63, 3.8) is 0 Å². The van der Waals surface area contributed by atoms with E-state index in [0.717, 1.165) is 38.5 Å². The molecule has 0 heterocycles. The molecule has 0 aromatic heterocycles. The van der Waals surface area contributed by atoms with Crippen molar-refractivity contribution in [2.75, 3.05) is 0 Å². The highest BCUT2D eigenvalue weighted by Crippen LogP contribution is 2.75. The van der Waals surface area contributed by atoms with E-state index in [-0.39, 0.29) is 33.5 Å². The van der Waals surface area contributed by atoms with Crippen molar-refractivity contribution in [3.05, 3.63) is 11.6 Å². The van der Waals surface area contributed by atoms with Crippen molar-refractivity contribution in [2.24, 2.45) is 44.8 Å². The van der Waals surface area contributed by atoms with E-state index < -0.39 is 29.2 Å². The molecule has 0 radical (unpaired) electrons. The molecule has 5 aliphatic carbocycles. The number of aliphatic hydroxyl groups is 3. The van der Waals surface area contributed by atoms with E-state index >= 15 is 0 Å². The Labute approximate surface area is 205 Å². The number of allylic oxidation sites excluding steroid dienone is 2. The topological polar surface area (TPSA) is 98.0 Å². The first kappa shape index (κ1) is 24.8. The molecule has 0 aliphatic heterocycles. The average molecular weight is 475 g/mol. The Morgan fingerprint density at radius 1 is 0.882 bits per heavy atom. The maximum Gasteiger partial charge on any atom is 0.312 e. The van der Waals surface area contributed by atoms with Crippen LogP contribution in [0, 0.1) is 44.8 Å². The number of fused-ring (bicyclic) bond motifs is 7. The monoisotopic (exact) mass is 474 g/mol. The van der Waals surface area contributed by atoms with Crippen LogP contribution in [0.3, 0.4) is 0 Å². The summed E-state index contributed by atoms with van der Waals surface area (Å²) < 4.78 is 0. The lowest BCUT2D eigenvalue weighted by atomic mass is 9.34. The summed E-state index contributed by atoms with van der Waals surface area (Å²) in [5.74, 6) is -0.598. The number of aliphatic carboxylic acids is 1. The molecule has 34 heavy (non-hydrogen) atoms. The highest BCUT2D eigenvalue weighted by atomic mass is 16.4. The summed E-state index contributed by atoms with van der Waals surface area (Å²) in [5, 5.41) is 44.1. The van der Waals surface area contributed by atoms with Gasteiger partial charge in [-0.05, 0) is 104 Å². The lowest BCUT2D eigenvalue weighted by Gasteiger charge is -2.71. The van der Waals surface area contributed by atoms with Gasteiger partial charge in [0.1, 0.15) is 5.41 Å². The molecule has 5 nitrogen and oxygen atoms in total. The molecular weight excluding hydrogens is 428 g/mol. The Bertz CT molecular complexity index is 921. The molecule has 0 bridgehead atoms. The van der Waals surface area contributed by atoms with Crippen LogP contribution in [-0.2, 0) is 4.79 Å². The SMILES string of the molecule is CC1(C)CC[C@]2(C(=O)O)[C@H](O)C[C@]3(C)C(=CC[C@@H]4[C@@]5(C)CC[C@H](O)[C@@](C)(O)[C@@H]5CC[C@]43C)[C@@H]2C1. The molecule has 0 aromatic rings. The van der Waals surface area contributed by atoms with Crippen molar-refractivity contribution < 1.29 is 25.2 Å². The van der Waals surface area contributed by atoms with Crippen LogP contribution in [0.1, 0.15) is 99.3 Å². The number of rotatable bonds is 1. The van der Waals surface area contributed by atoms with E-state index in [9.17, 15) is 25.2 Å². The van der Waals surface area contributed by atoms with Gasteiger partial charge in [-0.15, -0.1) is 0 Å². The minimum Gasteiger partial charge on any atom is -0.481 e. The van der Waals surface area contributed by atoms with Gasteiger partial charge in [0, 0.05) is 0 Å². The first-order valence-electron chi connectivity index (χ1n) is 13.6. The zero-order chi connectivity index (χ0) is 25.1. The fourth-order valence-electron chi connectivity index (χ4n) is 10.4. The van der Waals surface area contributed by atoms with Crippen LogP contribution in [0.4, 0.5) is 0 Å². The van der Waals surface area contributed by atoms with Crippen molar-refractivity contribution in [1.82, 2.24) is 0 Å². The first-order valence-corrected chi connectivity index (χ1v) is 13.6. The average Bonchev–Trinajstić information content (AvgIpc) is 2.71. The van der Waals surface area contributed by atoms with E-state index in [1.165, 1.54) is 5.57 Å². The number of carbonyl (C=O) groups is 1. The summed E-state index contributed by atoms with van der Waals surface area (Å²) in [6.45, 7) is 13.3. The molecular formula is C29H46O5. The zero-order valence-corrected chi connectivity index (χ0v) is 22.0. The second-order valence-electron chi connectivity index (χ2n) is 14.6. The van der Waals surface area contributed by atoms with Crippen LogP contribution in [-0.4, -0.2) is 44.2 Å². The summed E-state index contributed by atoms with van der Waals surface area (Å²) >= 11 is 0. The van der Waals surface area contributed by atoms with E-state index in [0.29, 0.717) is 25.2 Å². The van der Waals surface area contributed by atoms with Gasteiger partial charge in [-0.2, -0.15) is 0 Å². The van der Waals surface area contributed by atoms with Gasteiger partial charge in [0.05, 0.1) is 17.8 Å². The van der Waals surface area contributed by atoms with E-state index in [1.54, 1.807) is 0 Å². The molecule has 5 aliphatic rings. The molecule has 0 aromatic carbocycles. The standard InChI is InChI=1S/C29H46O5/c1-24(2)13-14-29(23(32)33)18(15-24)17-7-8-19-25(3)11-10-21(30)28(6,34)20(25)9-12-26(19,4)27(17,5)16-22(29)31/h7,18-22,30-31,34H,8-16H2,1-6H3,(H,32,33)/t18-,19+,20+,21-,22+,25+,26+,27+,28-,29+/m0/s1. The van der Waals surface area contributed by atoms with Crippen LogP contribution >= 0.6 is 0 Å². The normalized spacial score (nSPS) is 56.3. The van der Waals surface area contributed by atoms with Gasteiger partial charge in [0.15, 0.2) is 0 Å². The molecule has 0 saturated heterocycles. The van der Waals surface area contributed by atoms with Crippen molar-refractivity contribution in [3.8, 4) is 0 Å². The Balaban J connectivity index is 1.63.